The van der Waals surface area contributed by atoms with Crippen LogP contribution in [0.15, 0.2) is 30.9 Å². The first-order valence-corrected chi connectivity index (χ1v) is 19.8. The third-order valence-corrected chi connectivity index (χ3v) is 12.0. The first-order valence-electron chi connectivity index (χ1n) is 18.3. The minimum absolute atomic E-state index is 0.0124. The van der Waals surface area contributed by atoms with E-state index in [1.807, 2.05) is 0 Å². The molecule has 3 aliphatic heterocycles. The lowest BCUT2D eigenvalue weighted by molar-refractivity contribution is -0.148. The number of nitrogens with zero attached hydrogens (tertiary/aromatic N) is 2. The average Bonchev–Trinajstić information content (AvgIpc) is 3.94. The van der Waals surface area contributed by atoms with Crippen molar-refractivity contribution in [3.05, 3.63) is 47.8 Å². The van der Waals surface area contributed by atoms with Crippen molar-refractivity contribution in [2.75, 3.05) is 13.1 Å². The molecule has 6 atom stereocenters. The average molecular weight is 805 g/mol. The normalized spacial score (nSPS) is 26.0. The van der Waals surface area contributed by atoms with Crippen LogP contribution in [-0.2, 0) is 61.3 Å². The van der Waals surface area contributed by atoms with Gasteiger partial charge in [0.2, 0.25) is 21.8 Å². The third kappa shape index (κ3) is 8.89. The number of sulfonamides is 1. The molecule has 6 rings (SSSR count). The van der Waals surface area contributed by atoms with E-state index < -0.39 is 117 Å². The smallest absolute Gasteiger partial charge is 0.410 e. The summed E-state index contributed by atoms with van der Waals surface area (Å²) < 4.78 is 57.9. The molecule has 0 bridgehead atoms. The summed E-state index contributed by atoms with van der Waals surface area (Å²) in [4.78, 5) is 95.1. The van der Waals surface area contributed by atoms with E-state index in [1.165, 1.54) is 23.1 Å². The summed E-state index contributed by atoms with van der Waals surface area (Å²) in [5.41, 5.74) is -1.80. The van der Waals surface area contributed by atoms with Crippen LogP contribution in [0.3, 0.4) is 0 Å². The van der Waals surface area contributed by atoms with Crippen LogP contribution in [-0.4, -0.2) is 114 Å². The Morgan fingerprint density at radius 3 is 2.45 bits per heavy atom. The highest BCUT2D eigenvalue weighted by Crippen LogP contribution is 2.45. The number of carbonyl (C=O) groups is 7. The van der Waals surface area contributed by atoms with Crippen LogP contribution in [0.5, 0.6) is 0 Å². The Morgan fingerprint density at radius 1 is 1.11 bits per heavy atom. The predicted molar refractivity (Wildman–Crippen MR) is 191 cm³/mol. The fourth-order valence-corrected chi connectivity index (χ4v) is 8.36. The maximum atomic E-state index is 14.4. The zero-order valence-electron chi connectivity index (χ0n) is 31.1. The van der Waals surface area contributed by atoms with Gasteiger partial charge in [-0.3, -0.25) is 33.6 Å². The molecule has 2 saturated heterocycles. The van der Waals surface area contributed by atoms with E-state index in [2.05, 4.69) is 27.3 Å². The first kappa shape index (κ1) is 40.4. The number of fused-ring (bicyclic) bond motifs is 1. The number of benzene rings is 1. The molecule has 20 heteroatoms. The van der Waals surface area contributed by atoms with Gasteiger partial charge in [-0.15, -0.1) is 6.58 Å². The van der Waals surface area contributed by atoms with Gasteiger partial charge in [-0.25, -0.2) is 22.4 Å². The number of halogens is 1. The lowest BCUT2D eigenvalue weighted by Crippen LogP contribution is -2.60. The number of likely N-dealkylation sites (tertiary alicyclic amines) is 1. The van der Waals surface area contributed by atoms with Crippen molar-refractivity contribution in [3.8, 4) is 0 Å². The maximum absolute atomic E-state index is 14.4. The summed E-state index contributed by atoms with van der Waals surface area (Å²) in [5, 5.41) is 6.80. The van der Waals surface area contributed by atoms with Crippen molar-refractivity contribution in [1.82, 2.24) is 30.5 Å². The number of nitrogens with one attached hydrogen (secondary N) is 4. The molecule has 0 radical (unpaired) electrons. The number of carbonyl (C=O) groups excluding carboxylic acids is 7. The second-order valence-corrected chi connectivity index (χ2v) is 17.6. The highest BCUT2D eigenvalue weighted by atomic mass is 32.2. The second kappa shape index (κ2) is 15.3. The van der Waals surface area contributed by atoms with Crippen molar-refractivity contribution in [2.45, 2.75) is 113 Å². The summed E-state index contributed by atoms with van der Waals surface area (Å²) in [6.45, 7) is 7.49. The van der Waals surface area contributed by atoms with Gasteiger partial charge < -0.3 is 35.1 Å². The molecule has 18 nitrogen and oxygen atoms in total. The minimum Gasteiger partial charge on any atom is -0.452 e. The van der Waals surface area contributed by atoms with Crippen LogP contribution in [0.4, 0.5) is 14.0 Å². The quantitative estimate of drug-likeness (QED) is 0.129. The predicted octanol–water partition coefficient (Wildman–Crippen LogP) is 0.632. The number of hydrogen-bond donors (Lipinski definition) is 4. The van der Waals surface area contributed by atoms with Crippen molar-refractivity contribution < 1.29 is 60.6 Å². The zero-order valence-corrected chi connectivity index (χ0v) is 31.9. The summed E-state index contributed by atoms with van der Waals surface area (Å²) in [7, 11) is -4.00. The molecule has 304 valence electrons. The van der Waals surface area contributed by atoms with E-state index in [1.54, 1.807) is 26.8 Å². The lowest BCUT2D eigenvalue weighted by Gasteiger charge is -2.30. The molecular weight excluding hydrogens is 759 g/mol. The molecule has 4 N–H and O–H groups in total. The molecular formula is C36H45FN6O12S. The standard InChI is InChI=1S/C36H45FN6O12S/c1-5-20-14-36(20,32(48)41-56(51,52)22-9-10-22)40-29(45)26-13-21(53-34(50)42-16-19-7-6-8-24(37)23(19)18-42)17-43(26)31(47)25(39-33(49)55-35(2,3)4)15-38-30(46)27-11-12-28(44)54-27/h5-8,20-22,25-27H,1,9-18H2,2-4H3,(H,38,46)(H,39,49)(H,40,45)(H,41,48)/t20-,21-,25+,26+,27+,36-/m1/s1. The Bertz CT molecular complexity index is 1950. The van der Waals surface area contributed by atoms with Gasteiger partial charge in [0.25, 0.3) is 11.8 Å². The molecule has 4 fully saturated rings. The zero-order chi connectivity index (χ0) is 40.7. The van der Waals surface area contributed by atoms with E-state index in [0.29, 0.717) is 24.0 Å². The summed E-state index contributed by atoms with van der Waals surface area (Å²) in [6.07, 6.45) is -2.14. The molecule has 56 heavy (non-hydrogen) atoms. The Hall–Kier alpha value is -5.27. The van der Waals surface area contributed by atoms with Crippen molar-refractivity contribution >= 4 is 51.8 Å². The molecule has 0 aromatic heterocycles. The van der Waals surface area contributed by atoms with Crippen molar-refractivity contribution in [2.24, 2.45) is 5.92 Å². The molecule has 2 saturated carbocycles. The van der Waals surface area contributed by atoms with Crippen LogP contribution >= 0.6 is 0 Å². The van der Waals surface area contributed by atoms with Gasteiger partial charge in [0.15, 0.2) is 6.10 Å². The number of amides is 6. The van der Waals surface area contributed by atoms with E-state index in [0.717, 1.165) is 4.90 Å². The second-order valence-electron chi connectivity index (χ2n) is 15.6. The van der Waals surface area contributed by atoms with Gasteiger partial charge in [0.1, 0.15) is 35.1 Å². The maximum Gasteiger partial charge on any atom is 0.410 e. The third-order valence-electron chi connectivity index (χ3n) is 10.2. The molecule has 1 aromatic rings. The van der Waals surface area contributed by atoms with E-state index in [-0.39, 0.29) is 38.8 Å². The Morgan fingerprint density at radius 2 is 1.84 bits per heavy atom. The SMILES string of the molecule is C=C[C@@H]1C[C@]1(NC(=O)[C@@H]1C[C@@H](OC(=O)N2Cc3cccc(F)c3C2)CN1C(=O)[C@H](CNC(=O)[C@@H]1CCC(=O)O1)NC(=O)OC(C)(C)C)C(=O)NS(=O)(=O)C1CC1. The van der Waals surface area contributed by atoms with Gasteiger partial charge in [0.05, 0.1) is 18.3 Å². The Kier molecular flexibility index (Phi) is 11.1. The molecule has 3 heterocycles. The fourth-order valence-electron chi connectivity index (χ4n) is 7.00. The number of ether oxygens (including phenoxy) is 3. The van der Waals surface area contributed by atoms with Gasteiger partial charge >= 0.3 is 18.2 Å². The summed E-state index contributed by atoms with van der Waals surface area (Å²) >= 11 is 0. The summed E-state index contributed by atoms with van der Waals surface area (Å²) in [6, 6.07) is 1.44. The van der Waals surface area contributed by atoms with Gasteiger partial charge in [0, 0.05) is 43.8 Å². The number of cyclic esters (lactones) is 1. The Balaban J connectivity index is 1.23. The Labute approximate surface area is 322 Å². The number of rotatable bonds is 12. The topological polar surface area (TPSA) is 236 Å². The number of alkyl carbamates (subject to hydrolysis) is 1. The van der Waals surface area contributed by atoms with E-state index in [4.69, 9.17) is 14.2 Å². The van der Waals surface area contributed by atoms with E-state index in [9.17, 15) is 46.4 Å². The van der Waals surface area contributed by atoms with Crippen LogP contribution in [0.1, 0.15) is 70.4 Å². The van der Waals surface area contributed by atoms with Gasteiger partial charge in [-0.1, -0.05) is 18.2 Å². The number of hydrogen-bond acceptors (Lipinski definition) is 12. The van der Waals surface area contributed by atoms with Crippen LogP contribution < -0.4 is 20.7 Å². The van der Waals surface area contributed by atoms with Crippen LogP contribution in [0, 0.1) is 11.7 Å². The van der Waals surface area contributed by atoms with Gasteiger partial charge in [-0.2, -0.15) is 0 Å². The molecule has 6 amide bonds. The monoisotopic (exact) mass is 804 g/mol. The van der Waals surface area contributed by atoms with Gasteiger partial charge in [-0.05, 0) is 51.7 Å². The molecule has 1 aromatic carbocycles. The van der Waals surface area contributed by atoms with E-state index >= 15 is 0 Å². The highest BCUT2D eigenvalue weighted by molar-refractivity contribution is 7.91. The first-order chi connectivity index (χ1) is 26.3. The van der Waals surface area contributed by atoms with Crippen molar-refractivity contribution in [3.63, 3.8) is 0 Å². The molecule has 0 spiro atoms. The number of esters is 1. The largest absolute Gasteiger partial charge is 0.452 e. The minimum atomic E-state index is -4.00. The van der Waals surface area contributed by atoms with Crippen LogP contribution in [0.2, 0.25) is 0 Å². The van der Waals surface area contributed by atoms with Crippen LogP contribution in [0.25, 0.3) is 0 Å². The summed E-state index contributed by atoms with van der Waals surface area (Å²) in [5.74, 6) is -5.24. The molecule has 0 unspecified atom stereocenters. The molecule has 5 aliphatic rings. The fraction of sp³-hybridized carbons (Fsp3) is 0.583. The van der Waals surface area contributed by atoms with Crippen molar-refractivity contribution in [1.29, 1.82) is 0 Å². The highest BCUT2D eigenvalue weighted by Gasteiger charge is 2.62. The molecule has 2 aliphatic carbocycles. The lowest BCUT2D eigenvalue weighted by atomic mass is 10.1.